The van der Waals surface area contributed by atoms with Crippen LogP contribution in [0.25, 0.3) is 10.8 Å². The largest absolute Gasteiger partial charge is 0.488 e. The molecule has 11 nitrogen and oxygen atoms in total. The maximum atomic E-state index is 12.3. The molecule has 2 N–H and O–H groups in total. The van der Waals surface area contributed by atoms with Crippen LogP contribution in [0.5, 0.6) is 5.75 Å². The van der Waals surface area contributed by atoms with Crippen molar-refractivity contribution < 1.29 is 28.5 Å². The number of ether oxygens (including phenoxy) is 4. The van der Waals surface area contributed by atoms with Gasteiger partial charge in [0, 0.05) is 37.1 Å². The van der Waals surface area contributed by atoms with Gasteiger partial charge in [-0.05, 0) is 50.6 Å². The number of nitrogens with zero attached hydrogens (tertiary/aromatic N) is 3. The van der Waals surface area contributed by atoms with E-state index < -0.39 is 17.7 Å². The van der Waals surface area contributed by atoms with Gasteiger partial charge in [-0.2, -0.15) is 0 Å². The lowest BCUT2D eigenvalue weighted by atomic mass is 10.1. The molecule has 4 aromatic rings. The van der Waals surface area contributed by atoms with Crippen molar-refractivity contribution in [2.45, 2.75) is 39.4 Å². The molecule has 41 heavy (non-hydrogen) atoms. The lowest BCUT2D eigenvalue weighted by Gasteiger charge is -2.20. The van der Waals surface area contributed by atoms with Crippen LogP contribution in [0.3, 0.4) is 0 Å². The van der Waals surface area contributed by atoms with Gasteiger partial charge in [-0.15, -0.1) is 0 Å². The monoisotopic (exact) mass is 559 g/mol. The summed E-state index contributed by atoms with van der Waals surface area (Å²) in [4.78, 5) is 37.1. The average Bonchev–Trinajstić information content (AvgIpc) is 2.94. The van der Waals surface area contributed by atoms with Crippen molar-refractivity contribution in [3.63, 3.8) is 0 Å². The van der Waals surface area contributed by atoms with E-state index in [9.17, 15) is 9.59 Å². The van der Waals surface area contributed by atoms with Crippen LogP contribution in [0.4, 0.5) is 22.1 Å². The Morgan fingerprint density at radius 1 is 0.902 bits per heavy atom. The Labute approximate surface area is 238 Å². The number of methoxy groups -OCH3 is 1. The molecule has 2 aromatic carbocycles. The highest BCUT2D eigenvalue weighted by molar-refractivity contribution is 6.02. The van der Waals surface area contributed by atoms with Crippen LogP contribution in [0.15, 0.2) is 67.1 Å². The number of hydrogen-bond donors (Lipinski definition) is 2. The molecule has 11 heteroatoms. The summed E-state index contributed by atoms with van der Waals surface area (Å²) in [5.41, 5.74) is 1.01. The molecule has 0 aliphatic heterocycles. The molecule has 2 heterocycles. The van der Waals surface area contributed by atoms with Crippen LogP contribution in [-0.2, 0) is 20.8 Å². The summed E-state index contributed by atoms with van der Waals surface area (Å²) in [6.45, 7) is 6.48. The highest BCUT2D eigenvalue weighted by atomic mass is 16.6. The number of anilines is 3. The molecule has 0 bridgehead atoms. The number of rotatable bonds is 11. The molecule has 0 aliphatic rings. The lowest BCUT2D eigenvalue weighted by Crippen LogP contribution is -2.27. The minimum atomic E-state index is -0.602. The number of hydrogen-bond acceptors (Lipinski definition) is 10. The molecule has 214 valence electrons. The molecular weight excluding hydrogens is 526 g/mol. The second kappa shape index (κ2) is 13.5. The molecule has 0 radical (unpaired) electrons. The number of benzene rings is 2. The second-order valence-electron chi connectivity index (χ2n) is 10.0. The zero-order valence-electron chi connectivity index (χ0n) is 23.5. The fourth-order valence-electron chi connectivity index (χ4n) is 3.78. The van der Waals surface area contributed by atoms with Gasteiger partial charge in [0.15, 0.2) is 5.69 Å². The van der Waals surface area contributed by atoms with Crippen molar-refractivity contribution in [3.8, 4) is 5.75 Å². The molecule has 2 aromatic heterocycles. The summed E-state index contributed by atoms with van der Waals surface area (Å²) in [7, 11) is 1.59. The number of nitrogens with one attached hydrogen (secondary N) is 2. The number of carbonyl (C=O) groups excluding carboxylic acids is 2. The quantitative estimate of drug-likeness (QED) is 0.169. The highest BCUT2D eigenvalue weighted by Crippen LogP contribution is 2.32. The second-order valence-corrected chi connectivity index (χ2v) is 10.0. The minimum Gasteiger partial charge on any atom is -0.488 e. The van der Waals surface area contributed by atoms with Crippen molar-refractivity contribution in [3.05, 3.63) is 78.4 Å². The molecule has 0 atom stereocenters. The summed E-state index contributed by atoms with van der Waals surface area (Å²) < 4.78 is 21.6. The molecule has 0 spiro atoms. The van der Waals surface area contributed by atoms with Crippen molar-refractivity contribution >= 4 is 40.2 Å². The number of aromatic nitrogens is 3. The fourth-order valence-corrected chi connectivity index (χ4v) is 3.78. The van der Waals surface area contributed by atoms with E-state index >= 15 is 0 Å². The van der Waals surface area contributed by atoms with E-state index in [1.807, 2.05) is 63.2 Å². The van der Waals surface area contributed by atoms with Crippen molar-refractivity contribution in [1.82, 2.24) is 15.0 Å². The first-order chi connectivity index (χ1) is 19.7. The van der Waals surface area contributed by atoms with Gasteiger partial charge >= 0.3 is 12.1 Å². The zero-order valence-corrected chi connectivity index (χ0v) is 23.5. The van der Waals surface area contributed by atoms with Gasteiger partial charge in [0.05, 0.1) is 24.7 Å². The van der Waals surface area contributed by atoms with Crippen molar-refractivity contribution in [2.75, 3.05) is 31.0 Å². The first kappa shape index (κ1) is 29.2. The zero-order chi connectivity index (χ0) is 29.2. The van der Waals surface area contributed by atoms with Crippen molar-refractivity contribution in [2.24, 2.45) is 0 Å². The molecule has 0 saturated carbocycles. The van der Waals surface area contributed by atoms with E-state index in [1.54, 1.807) is 19.4 Å². The maximum Gasteiger partial charge on any atom is 0.412 e. The van der Waals surface area contributed by atoms with Crippen LogP contribution >= 0.6 is 0 Å². The fraction of sp³-hybridized carbons (Fsp3) is 0.300. The van der Waals surface area contributed by atoms with Gasteiger partial charge in [-0.25, -0.2) is 24.5 Å². The Hall–Kier alpha value is -4.77. The van der Waals surface area contributed by atoms with E-state index in [-0.39, 0.29) is 18.9 Å². The molecule has 4 rings (SSSR count). The third-order valence-electron chi connectivity index (χ3n) is 5.58. The number of pyridine rings is 1. The first-order valence-corrected chi connectivity index (χ1v) is 13.1. The molecule has 0 unspecified atom stereocenters. The summed E-state index contributed by atoms with van der Waals surface area (Å²) in [6, 6.07) is 14.9. The molecule has 0 aliphatic carbocycles. The minimum absolute atomic E-state index is 0.114. The Balaban J connectivity index is 1.39. The van der Waals surface area contributed by atoms with Crippen LogP contribution in [0, 0.1) is 0 Å². The van der Waals surface area contributed by atoms with Gasteiger partial charge in [0.1, 0.15) is 29.6 Å². The van der Waals surface area contributed by atoms with Crippen LogP contribution in [0.1, 0.15) is 43.2 Å². The summed E-state index contributed by atoms with van der Waals surface area (Å²) in [6.07, 6.45) is 4.53. The third kappa shape index (κ3) is 8.61. The Bertz CT molecular complexity index is 1490. The van der Waals surface area contributed by atoms with Crippen LogP contribution < -0.4 is 15.4 Å². The Morgan fingerprint density at radius 2 is 1.71 bits per heavy atom. The summed E-state index contributed by atoms with van der Waals surface area (Å²) in [5, 5.41) is 7.58. The van der Waals surface area contributed by atoms with Gasteiger partial charge in [-0.1, -0.05) is 24.3 Å². The smallest absolute Gasteiger partial charge is 0.412 e. The number of esters is 1. The molecule has 0 saturated heterocycles. The number of amides is 1. The Kier molecular flexibility index (Phi) is 9.64. The summed E-state index contributed by atoms with van der Waals surface area (Å²) in [5.74, 6) is 1.08. The average molecular weight is 560 g/mol. The SMILES string of the molecule is COCCCOC(=O)c1cnc(Nc2cc(COc3ccc(NC(=O)OC(C)(C)C)c4ccccc34)ccn2)cn1. The van der Waals surface area contributed by atoms with E-state index in [4.69, 9.17) is 18.9 Å². The Morgan fingerprint density at radius 3 is 2.44 bits per heavy atom. The van der Waals surface area contributed by atoms with Gasteiger partial charge < -0.3 is 24.3 Å². The molecular formula is C30H33N5O6. The van der Waals surface area contributed by atoms with Crippen LogP contribution in [-0.4, -0.2) is 52.9 Å². The van der Waals surface area contributed by atoms with Crippen LogP contribution in [0.2, 0.25) is 0 Å². The third-order valence-corrected chi connectivity index (χ3v) is 5.58. The molecule has 0 fully saturated rings. The van der Waals surface area contributed by atoms with Gasteiger partial charge in [-0.3, -0.25) is 5.32 Å². The number of fused-ring (bicyclic) bond motifs is 1. The summed E-state index contributed by atoms with van der Waals surface area (Å²) >= 11 is 0. The predicted molar refractivity (Wildman–Crippen MR) is 154 cm³/mol. The van der Waals surface area contributed by atoms with E-state index in [0.29, 0.717) is 36.1 Å². The molecule has 1 amide bonds. The number of carbonyl (C=O) groups is 2. The normalized spacial score (nSPS) is 11.1. The van der Waals surface area contributed by atoms with Gasteiger partial charge in [0.25, 0.3) is 0 Å². The van der Waals surface area contributed by atoms with E-state index in [0.717, 1.165) is 16.3 Å². The van der Waals surface area contributed by atoms with Gasteiger partial charge in [0.2, 0.25) is 0 Å². The van der Waals surface area contributed by atoms with E-state index in [1.165, 1.54) is 12.4 Å². The van der Waals surface area contributed by atoms with E-state index in [2.05, 4.69) is 25.6 Å². The first-order valence-electron chi connectivity index (χ1n) is 13.1. The predicted octanol–water partition coefficient (Wildman–Crippen LogP) is 5.89. The highest BCUT2D eigenvalue weighted by Gasteiger charge is 2.17. The lowest BCUT2D eigenvalue weighted by molar-refractivity contribution is 0.0460. The standard InChI is InChI=1S/C30H33N5O6/c1-30(2,3)41-29(37)34-23-10-11-25(22-9-6-5-8-21(22)23)40-19-20-12-13-31-26(16-20)35-27-18-32-24(17-33-27)28(36)39-15-7-14-38-4/h5-6,8-13,16-18H,7,14-15,19H2,1-4H3,(H,34,37)(H,31,33,35). The maximum absolute atomic E-state index is 12.3. The topological polar surface area (TPSA) is 134 Å². The van der Waals surface area contributed by atoms with Crippen molar-refractivity contribution in [1.29, 1.82) is 0 Å².